The van der Waals surface area contributed by atoms with Crippen molar-refractivity contribution in [2.75, 3.05) is 19.7 Å². The third kappa shape index (κ3) is 5.80. The molecule has 0 radical (unpaired) electrons. The first-order valence-electron chi connectivity index (χ1n) is 8.66. The minimum Gasteiger partial charge on any atom is -0.493 e. The van der Waals surface area contributed by atoms with Gasteiger partial charge in [0.15, 0.2) is 0 Å². The summed E-state index contributed by atoms with van der Waals surface area (Å²) in [7, 11) is 0. The summed E-state index contributed by atoms with van der Waals surface area (Å²) in [5.74, 6) is 0.796. The van der Waals surface area contributed by atoms with E-state index in [9.17, 15) is 9.90 Å². The average molecular weight is 334 g/mol. The highest BCUT2D eigenvalue weighted by molar-refractivity contribution is 5.72. The molecule has 0 bridgehead atoms. The van der Waals surface area contributed by atoms with Crippen molar-refractivity contribution >= 4 is 5.91 Å². The molecule has 1 aliphatic rings. The molecule has 1 aromatic carbocycles. The number of nitrogens with one attached hydrogen (secondary N) is 2. The fourth-order valence-electron chi connectivity index (χ4n) is 2.99. The van der Waals surface area contributed by atoms with Crippen LogP contribution >= 0.6 is 0 Å². The van der Waals surface area contributed by atoms with Crippen molar-refractivity contribution in [1.82, 2.24) is 10.6 Å². The topological polar surface area (TPSA) is 70.6 Å². The standard InChI is InChI=1S/C19H30N2O3/c1-13(22)20-11-15(23)12-21-17-7-8-24-18-6-5-14(9-16(17)18)10-19(2,3)4/h5-6,9,15,17,21,23H,7-8,10-12H2,1-4H3,(H,20,22)/t15?,17-/m0/s1. The van der Waals surface area contributed by atoms with Crippen molar-refractivity contribution in [3.8, 4) is 5.75 Å². The molecular formula is C19H30N2O3. The second kappa shape index (κ2) is 7.99. The maximum atomic E-state index is 10.9. The van der Waals surface area contributed by atoms with E-state index in [2.05, 4.69) is 49.6 Å². The minimum atomic E-state index is -0.599. The fourth-order valence-corrected chi connectivity index (χ4v) is 2.99. The number of ether oxygens (including phenoxy) is 1. The maximum Gasteiger partial charge on any atom is 0.216 e. The number of fused-ring (bicyclic) bond motifs is 1. The Kier molecular flexibility index (Phi) is 6.24. The Hall–Kier alpha value is -1.59. The summed E-state index contributed by atoms with van der Waals surface area (Å²) in [5, 5.41) is 16.0. The SMILES string of the molecule is CC(=O)NCC(O)CN[C@H]1CCOc2ccc(CC(C)(C)C)cc21. The predicted molar refractivity (Wildman–Crippen MR) is 95.1 cm³/mol. The number of carbonyl (C=O) groups is 1. The van der Waals surface area contributed by atoms with Crippen LogP contribution in [-0.4, -0.2) is 36.8 Å². The molecule has 2 atom stereocenters. The van der Waals surface area contributed by atoms with Crippen LogP contribution in [0, 0.1) is 5.41 Å². The van der Waals surface area contributed by atoms with Gasteiger partial charge < -0.3 is 20.5 Å². The van der Waals surface area contributed by atoms with Gasteiger partial charge in [0.25, 0.3) is 0 Å². The second-order valence-corrected chi connectivity index (χ2v) is 7.80. The Balaban J connectivity index is 2.01. The molecule has 5 nitrogen and oxygen atoms in total. The molecule has 134 valence electrons. The van der Waals surface area contributed by atoms with Gasteiger partial charge in [0, 0.05) is 38.0 Å². The summed E-state index contributed by atoms with van der Waals surface area (Å²) < 4.78 is 5.77. The number of rotatable bonds is 6. The first-order chi connectivity index (χ1) is 11.2. The molecule has 1 amide bonds. The normalized spacial score (nSPS) is 18.5. The molecule has 0 spiro atoms. The van der Waals surface area contributed by atoms with Crippen molar-refractivity contribution < 1.29 is 14.6 Å². The van der Waals surface area contributed by atoms with Gasteiger partial charge in [-0.05, 0) is 23.5 Å². The number of aliphatic hydroxyl groups is 1. The van der Waals surface area contributed by atoms with Gasteiger partial charge in [-0.15, -0.1) is 0 Å². The van der Waals surface area contributed by atoms with Crippen LogP contribution in [0.15, 0.2) is 18.2 Å². The number of hydrogen-bond donors (Lipinski definition) is 3. The van der Waals surface area contributed by atoms with E-state index in [1.165, 1.54) is 12.5 Å². The molecule has 24 heavy (non-hydrogen) atoms. The zero-order valence-electron chi connectivity index (χ0n) is 15.2. The van der Waals surface area contributed by atoms with Crippen LogP contribution in [0.5, 0.6) is 5.75 Å². The first kappa shape index (κ1) is 18.7. The van der Waals surface area contributed by atoms with E-state index in [-0.39, 0.29) is 23.9 Å². The zero-order valence-corrected chi connectivity index (χ0v) is 15.2. The molecule has 1 heterocycles. The molecule has 0 saturated heterocycles. The number of benzene rings is 1. The average Bonchev–Trinajstić information content (AvgIpc) is 2.49. The lowest BCUT2D eigenvalue weighted by molar-refractivity contribution is -0.119. The molecule has 0 fully saturated rings. The van der Waals surface area contributed by atoms with E-state index in [4.69, 9.17) is 4.74 Å². The van der Waals surface area contributed by atoms with E-state index in [0.717, 1.165) is 24.2 Å². The van der Waals surface area contributed by atoms with E-state index >= 15 is 0 Å². The highest BCUT2D eigenvalue weighted by atomic mass is 16.5. The van der Waals surface area contributed by atoms with Gasteiger partial charge in [-0.1, -0.05) is 32.9 Å². The van der Waals surface area contributed by atoms with E-state index < -0.39 is 6.10 Å². The van der Waals surface area contributed by atoms with Gasteiger partial charge >= 0.3 is 0 Å². The maximum absolute atomic E-state index is 10.9. The lowest BCUT2D eigenvalue weighted by Gasteiger charge is -2.29. The van der Waals surface area contributed by atoms with Crippen molar-refractivity contribution in [2.24, 2.45) is 5.41 Å². The number of amides is 1. The lowest BCUT2D eigenvalue weighted by Crippen LogP contribution is -2.39. The zero-order chi connectivity index (χ0) is 17.7. The van der Waals surface area contributed by atoms with Crippen LogP contribution in [0.4, 0.5) is 0 Å². The highest BCUT2D eigenvalue weighted by Crippen LogP contribution is 2.34. The minimum absolute atomic E-state index is 0.128. The van der Waals surface area contributed by atoms with Gasteiger partial charge in [0.05, 0.1) is 12.7 Å². The largest absolute Gasteiger partial charge is 0.493 e. The van der Waals surface area contributed by atoms with Gasteiger partial charge in [-0.3, -0.25) is 4.79 Å². The van der Waals surface area contributed by atoms with Crippen LogP contribution < -0.4 is 15.4 Å². The molecule has 3 N–H and O–H groups in total. The Morgan fingerprint density at radius 3 is 2.79 bits per heavy atom. The summed E-state index contributed by atoms with van der Waals surface area (Å²) >= 11 is 0. The molecule has 2 rings (SSSR count). The van der Waals surface area contributed by atoms with E-state index in [1.54, 1.807) is 0 Å². The Bertz CT molecular complexity index is 566. The van der Waals surface area contributed by atoms with Gasteiger partial charge in [0.1, 0.15) is 5.75 Å². The summed E-state index contributed by atoms with van der Waals surface area (Å²) in [6.45, 7) is 9.53. The molecule has 0 aromatic heterocycles. The van der Waals surface area contributed by atoms with Crippen molar-refractivity contribution in [3.05, 3.63) is 29.3 Å². The summed E-state index contributed by atoms with van der Waals surface area (Å²) in [4.78, 5) is 10.9. The molecule has 5 heteroatoms. The van der Waals surface area contributed by atoms with Crippen LogP contribution in [-0.2, 0) is 11.2 Å². The molecule has 1 aromatic rings. The van der Waals surface area contributed by atoms with Crippen LogP contribution in [0.3, 0.4) is 0 Å². The monoisotopic (exact) mass is 334 g/mol. The van der Waals surface area contributed by atoms with Crippen molar-refractivity contribution in [1.29, 1.82) is 0 Å². The molecule has 0 aliphatic carbocycles. The molecule has 1 aliphatic heterocycles. The van der Waals surface area contributed by atoms with E-state index in [0.29, 0.717) is 13.2 Å². The Labute approximate surface area is 144 Å². The summed E-state index contributed by atoms with van der Waals surface area (Å²) in [6.07, 6.45) is 1.29. The van der Waals surface area contributed by atoms with Crippen LogP contribution in [0.25, 0.3) is 0 Å². The van der Waals surface area contributed by atoms with Crippen molar-refractivity contribution in [3.63, 3.8) is 0 Å². The van der Waals surface area contributed by atoms with Gasteiger partial charge in [0.2, 0.25) is 5.91 Å². The molecule has 0 saturated carbocycles. The van der Waals surface area contributed by atoms with Crippen LogP contribution in [0.2, 0.25) is 0 Å². The fraction of sp³-hybridized carbons (Fsp3) is 0.632. The number of hydrogen-bond acceptors (Lipinski definition) is 4. The third-order valence-corrected chi connectivity index (χ3v) is 4.03. The molecular weight excluding hydrogens is 304 g/mol. The first-order valence-corrected chi connectivity index (χ1v) is 8.66. The predicted octanol–water partition coefficient (Wildman–Crippen LogP) is 2.19. The van der Waals surface area contributed by atoms with E-state index in [1.807, 2.05) is 0 Å². The molecule has 1 unspecified atom stereocenters. The quantitative estimate of drug-likeness (QED) is 0.746. The number of aliphatic hydroxyl groups excluding tert-OH is 1. The Morgan fingerprint density at radius 2 is 2.12 bits per heavy atom. The third-order valence-electron chi connectivity index (χ3n) is 4.03. The summed E-state index contributed by atoms with van der Waals surface area (Å²) in [6, 6.07) is 6.58. The van der Waals surface area contributed by atoms with Gasteiger partial charge in [-0.2, -0.15) is 0 Å². The number of carbonyl (C=O) groups excluding carboxylic acids is 1. The smallest absolute Gasteiger partial charge is 0.216 e. The Morgan fingerprint density at radius 1 is 1.38 bits per heavy atom. The second-order valence-electron chi connectivity index (χ2n) is 7.80. The van der Waals surface area contributed by atoms with Crippen molar-refractivity contribution in [2.45, 2.75) is 52.7 Å². The summed E-state index contributed by atoms with van der Waals surface area (Å²) in [5.41, 5.74) is 2.70. The van der Waals surface area contributed by atoms with Gasteiger partial charge in [-0.25, -0.2) is 0 Å². The highest BCUT2D eigenvalue weighted by Gasteiger charge is 2.23. The lowest BCUT2D eigenvalue weighted by atomic mass is 9.86. The van der Waals surface area contributed by atoms with Crippen LogP contribution in [0.1, 0.15) is 51.3 Å².